The number of rotatable bonds is 4. The number of hydrogen-bond donors (Lipinski definition) is 0. The highest BCUT2D eigenvalue weighted by atomic mass is 32.2. The Balaban J connectivity index is 0.973. The molecule has 3 aromatic heterocycles. The van der Waals surface area contributed by atoms with Gasteiger partial charge in [-0.2, -0.15) is 0 Å². The molecule has 0 bridgehead atoms. The topological polar surface area (TPSA) is 26.0 Å². The number of fused-ring (bicyclic) bond motifs is 18. The van der Waals surface area contributed by atoms with Crippen LogP contribution >= 0.6 is 11.8 Å². The van der Waals surface area contributed by atoms with Crippen LogP contribution in [0.1, 0.15) is 25.0 Å². The van der Waals surface area contributed by atoms with Gasteiger partial charge in [-0.25, -0.2) is 4.98 Å². The molecule has 16 rings (SSSR count). The van der Waals surface area contributed by atoms with E-state index >= 15 is 0 Å². The van der Waals surface area contributed by atoms with Crippen LogP contribution < -0.4 is 4.90 Å². The average molecular weight is 949 g/mol. The van der Waals surface area contributed by atoms with Crippen LogP contribution in [0.2, 0.25) is 0 Å². The van der Waals surface area contributed by atoms with Crippen molar-refractivity contribution in [2.24, 2.45) is 0 Å². The fourth-order valence-corrected chi connectivity index (χ4v) is 14.0. The van der Waals surface area contributed by atoms with Crippen molar-refractivity contribution >= 4 is 105 Å². The van der Waals surface area contributed by atoms with Crippen molar-refractivity contribution in [3.63, 3.8) is 0 Å². The van der Waals surface area contributed by atoms with Gasteiger partial charge < -0.3 is 9.47 Å². The van der Waals surface area contributed by atoms with Crippen molar-refractivity contribution in [2.45, 2.75) is 29.1 Å². The maximum Gasteiger partial charge on any atom is 0.146 e. The molecule has 1 aliphatic carbocycles. The van der Waals surface area contributed by atoms with E-state index in [0.29, 0.717) is 0 Å². The number of pyridine rings is 1. The lowest BCUT2D eigenvalue weighted by Gasteiger charge is -2.33. The molecule has 14 aromatic rings. The van der Waals surface area contributed by atoms with Gasteiger partial charge in [-0.05, 0) is 157 Å². The molecular formula is C68H44N4S. The Labute approximate surface area is 426 Å². The van der Waals surface area contributed by atoms with E-state index in [1.165, 1.54) is 103 Å². The van der Waals surface area contributed by atoms with Gasteiger partial charge in [0.05, 0.1) is 27.9 Å². The molecule has 11 aromatic carbocycles. The molecular weight excluding hydrogens is 905 g/mol. The van der Waals surface area contributed by atoms with Gasteiger partial charge in [0.1, 0.15) is 5.65 Å². The Bertz CT molecular complexity index is 4680. The van der Waals surface area contributed by atoms with Crippen LogP contribution in [-0.4, -0.2) is 14.1 Å². The van der Waals surface area contributed by atoms with Gasteiger partial charge in [0.25, 0.3) is 0 Å². The summed E-state index contributed by atoms with van der Waals surface area (Å²) in [6, 6.07) is 83.2. The molecule has 0 fully saturated rings. The fourth-order valence-electron chi connectivity index (χ4n) is 13.0. The first-order valence-corrected chi connectivity index (χ1v) is 26.0. The maximum absolute atomic E-state index is 5.11. The molecule has 4 nitrogen and oxygen atoms in total. The minimum Gasteiger partial charge on any atom is -0.309 e. The maximum atomic E-state index is 5.11. The number of aromatic nitrogens is 3. The zero-order valence-corrected chi connectivity index (χ0v) is 41.0. The van der Waals surface area contributed by atoms with Crippen molar-refractivity contribution in [3.05, 3.63) is 242 Å². The standard InChI is InChI=1S/C68H44N4S/c1-68(2)56-40-54-49-24-12-10-22-47(49)46-21-9-11-23-48(46)53(54)39-55(56)50-32-34-60-65(66(50)68)52-31-29-41(45-35-36-69-67-64(45)51-25-13-14-26-57(51)72(67)43-19-7-4-8-20-43)37-61(52)71(60)44-30-33-59-63(38-44)73-62-28-16-15-27-58(62)70(59)42-17-5-3-6-18-42/h3-40H,1-2H3. The van der Waals surface area contributed by atoms with Crippen molar-refractivity contribution in [1.29, 1.82) is 0 Å². The second-order valence-corrected chi connectivity index (χ2v) is 21.3. The number of benzene rings is 11. The number of hydrogen-bond acceptors (Lipinski definition) is 3. The predicted molar refractivity (Wildman–Crippen MR) is 307 cm³/mol. The van der Waals surface area contributed by atoms with Crippen molar-refractivity contribution in [1.82, 2.24) is 14.1 Å². The van der Waals surface area contributed by atoms with E-state index in [-0.39, 0.29) is 5.41 Å². The van der Waals surface area contributed by atoms with Gasteiger partial charge in [-0.15, -0.1) is 0 Å². The Morgan fingerprint density at radius 2 is 1.01 bits per heavy atom. The summed E-state index contributed by atoms with van der Waals surface area (Å²) in [4.78, 5) is 9.98. The molecule has 2 aliphatic rings. The van der Waals surface area contributed by atoms with Gasteiger partial charge in [-0.3, -0.25) is 4.57 Å². The summed E-state index contributed by atoms with van der Waals surface area (Å²) < 4.78 is 4.86. The Morgan fingerprint density at radius 3 is 1.78 bits per heavy atom. The van der Waals surface area contributed by atoms with Crippen LogP contribution in [-0.2, 0) is 5.41 Å². The summed E-state index contributed by atoms with van der Waals surface area (Å²) in [5, 5.41) is 12.7. The predicted octanol–water partition coefficient (Wildman–Crippen LogP) is 18.6. The number of nitrogens with zero attached hydrogens (tertiary/aromatic N) is 4. The molecule has 0 spiro atoms. The third-order valence-corrected chi connectivity index (χ3v) is 17.2. The van der Waals surface area contributed by atoms with E-state index in [0.717, 1.165) is 44.7 Å². The van der Waals surface area contributed by atoms with Gasteiger partial charge in [-0.1, -0.05) is 159 Å². The molecule has 342 valence electrons. The summed E-state index contributed by atoms with van der Waals surface area (Å²) in [5.41, 5.74) is 17.6. The summed E-state index contributed by atoms with van der Waals surface area (Å²) in [6.45, 7) is 4.90. The molecule has 0 saturated carbocycles. The van der Waals surface area contributed by atoms with Crippen LogP contribution in [0.3, 0.4) is 0 Å². The van der Waals surface area contributed by atoms with Crippen LogP contribution in [0.25, 0.3) is 110 Å². The third-order valence-electron chi connectivity index (χ3n) is 16.1. The van der Waals surface area contributed by atoms with Crippen molar-refractivity contribution < 1.29 is 0 Å². The van der Waals surface area contributed by atoms with Crippen LogP contribution in [0.15, 0.2) is 240 Å². The van der Waals surface area contributed by atoms with Gasteiger partial charge in [0, 0.05) is 60.0 Å². The zero-order chi connectivity index (χ0) is 48.1. The van der Waals surface area contributed by atoms with Crippen LogP contribution in [0.4, 0.5) is 17.1 Å². The van der Waals surface area contributed by atoms with E-state index in [9.17, 15) is 0 Å². The van der Waals surface area contributed by atoms with Crippen molar-refractivity contribution in [3.8, 4) is 33.6 Å². The molecule has 0 N–H and O–H groups in total. The van der Waals surface area contributed by atoms with Gasteiger partial charge in [0.15, 0.2) is 0 Å². The molecule has 4 heterocycles. The SMILES string of the molecule is CC1(C)c2cc3c4ccccc4c4ccccc4c3cc2-c2ccc3c(c21)c1ccc(-c2ccnc4c2c2ccccc2n4-c2ccccc2)cc1n3-c1ccc2c(c1)Sc1ccccc1N2c1ccccc1. The highest BCUT2D eigenvalue weighted by Gasteiger charge is 2.39. The molecule has 0 radical (unpaired) electrons. The Kier molecular flexibility index (Phi) is 8.42. The first-order chi connectivity index (χ1) is 36.0. The first-order valence-electron chi connectivity index (χ1n) is 25.2. The lowest BCUT2D eigenvalue weighted by atomic mass is 9.79. The summed E-state index contributed by atoms with van der Waals surface area (Å²) in [7, 11) is 0. The van der Waals surface area contributed by atoms with E-state index in [4.69, 9.17) is 4.98 Å². The largest absolute Gasteiger partial charge is 0.309 e. The second-order valence-electron chi connectivity index (χ2n) is 20.2. The smallest absolute Gasteiger partial charge is 0.146 e. The molecule has 0 saturated heterocycles. The summed E-state index contributed by atoms with van der Waals surface area (Å²) >= 11 is 1.86. The molecule has 73 heavy (non-hydrogen) atoms. The van der Waals surface area contributed by atoms with E-state index in [1.54, 1.807) is 0 Å². The summed E-state index contributed by atoms with van der Waals surface area (Å²) in [5.74, 6) is 0. The minimum atomic E-state index is -0.301. The minimum absolute atomic E-state index is 0.301. The Hall–Kier alpha value is -8.90. The quantitative estimate of drug-likeness (QED) is 0.164. The molecule has 5 heteroatoms. The normalized spacial score (nSPS) is 13.6. The van der Waals surface area contributed by atoms with E-state index in [1.807, 2.05) is 18.0 Å². The highest BCUT2D eigenvalue weighted by Crippen LogP contribution is 2.57. The van der Waals surface area contributed by atoms with Crippen LogP contribution in [0, 0.1) is 0 Å². The Morgan fingerprint density at radius 1 is 0.384 bits per heavy atom. The molecule has 0 unspecified atom stereocenters. The van der Waals surface area contributed by atoms with E-state index in [2.05, 4.69) is 252 Å². The zero-order valence-electron chi connectivity index (χ0n) is 40.1. The molecule has 1 aliphatic heterocycles. The molecule has 0 atom stereocenters. The number of para-hydroxylation sites is 4. The summed E-state index contributed by atoms with van der Waals surface area (Å²) in [6.07, 6.45) is 1.98. The molecule has 0 amide bonds. The van der Waals surface area contributed by atoms with Crippen LogP contribution in [0.5, 0.6) is 0 Å². The van der Waals surface area contributed by atoms with Gasteiger partial charge in [0.2, 0.25) is 0 Å². The first kappa shape index (κ1) is 40.8. The van der Waals surface area contributed by atoms with Crippen molar-refractivity contribution in [2.75, 3.05) is 4.90 Å². The highest BCUT2D eigenvalue weighted by molar-refractivity contribution is 7.99. The third kappa shape index (κ3) is 5.65. The lowest BCUT2D eigenvalue weighted by Crippen LogP contribution is -2.15. The monoisotopic (exact) mass is 948 g/mol. The van der Waals surface area contributed by atoms with E-state index < -0.39 is 0 Å². The number of anilines is 3. The second kappa shape index (κ2) is 15.1. The lowest BCUT2D eigenvalue weighted by molar-refractivity contribution is 0.667. The fraction of sp³-hybridized carbons (Fsp3) is 0.0441. The van der Waals surface area contributed by atoms with Gasteiger partial charge >= 0.3 is 0 Å². The average Bonchev–Trinajstić information content (AvgIpc) is 4.09.